The van der Waals surface area contributed by atoms with E-state index in [1.165, 1.54) is 24.8 Å². The van der Waals surface area contributed by atoms with Crippen LogP contribution in [0.25, 0.3) is 0 Å². The van der Waals surface area contributed by atoms with E-state index in [1.807, 2.05) is 0 Å². The Morgan fingerprint density at radius 1 is 1.00 bits per heavy atom. The first-order valence-electron chi connectivity index (χ1n) is 4.89. The lowest BCUT2D eigenvalue weighted by Gasteiger charge is -2.11. The highest BCUT2D eigenvalue weighted by atomic mass is 14.6. The minimum atomic E-state index is 0.430. The Kier molecular flexibility index (Phi) is 1.18. The highest BCUT2D eigenvalue weighted by molar-refractivity contribution is 5.47. The van der Waals surface area contributed by atoms with E-state index in [1.54, 1.807) is 0 Å². The molecule has 4 aliphatic carbocycles. The van der Waals surface area contributed by atoms with Crippen LogP contribution >= 0.6 is 0 Å². The van der Waals surface area contributed by atoms with Gasteiger partial charge in [-0.05, 0) is 48.5 Å². The molecule has 0 aromatic carbocycles. The number of nitrogens with zero attached hydrogens (tertiary/aromatic N) is 2. The van der Waals surface area contributed by atoms with Crippen LogP contribution in [-0.4, -0.2) is 0 Å². The lowest BCUT2D eigenvalue weighted by molar-refractivity contribution is 0.457. The summed E-state index contributed by atoms with van der Waals surface area (Å²) in [4.78, 5) is 0. The first-order valence-corrected chi connectivity index (χ1v) is 4.89. The van der Waals surface area contributed by atoms with Crippen molar-refractivity contribution in [2.24, 2.45) is 23.7 Å². The summed E-state index contributed by atoms with van der Waals surface area (Å²) in [5.41, 5.74) is 1.66. The van der Waals surface area contributed by atoms with Crippen molar-refractivity contribution < 1.29 is 0 Å². The molecule has 0 saturated heterocycles. The highest BCUT2D eigenvalue weighted by Crippen LogP contribution is 2.66. The zero-order chi connectivity index (χ0) is 9.00. The fourth-order valence-electron chi connectivity index (χ4n) is 3.84. The first-order chi connectivity index (χ1) is 6.35. The van der Waals surface area contributed by atoms with Gasteiger partial charge in [0.15, 0.2) is 0 Å². The predicted molar refractivity (Wildman–Crippen MR) is 46.1 cm³/mol. The summed E-state index contributed by atoms with van der Waals surface area (Å²) in [6.45, 7) is 0. The minimum absolute atomic E-state index is 0.430. The van der Waals surface area contributed by atoms with Gasteiger partial charge in [-0.3, -0.25) is 0 Å². The van der Waals surface area contributed by atoms with E-state index in [9.17, 15) is 0 Å². The van der Waals surface area contributed by atoms with Crippen molar-refractivity contribution in [1.29, 1.82) is 10.5 Å². The van der Waals surface area contributed by atoms with Crippen LogP contribution in [0.4, 0.5) is 0 Å². The van der Waals surface area contributed by atoms with Crippen molar-refractivity contribution in [3.8, 4) is 12.1 Å². The van der Waals surface area contributed by atoms with E-state index in [2.05, 4.69) is 12.1 Å². The molecule has 0 heterocycles. The zero-order valence-electron chi connectivity index (χ0n) is 7.33. The number of nitriles is 2. The predicted octanol–water partition coefficient (Wildman–Crippen LogP) is 2.01. The fourth-order valence-corrected chi connectivity index (χ4v) is 3.84. The van der Waals surface area contributed by atoms with Gasteiger partial charge in [-0.2, -0.15) is 10.5 Å². The van der Waals surface area contributed by atoms with Gasteiger partial charge in [0.2, 0.25) is 0 Å². The smallest absolute Gasteiger partial charge is 0.129 e. The molecule has 0 aromatic rings. The largest absolute Gasteiger partial charge is 0.192 e. The molecular formula is C11H10N2. The number of hydrogen-bond acceptors (Lipinski definition) is 2. The molecule has 4 fully saturated rings. The van der Waals surface area contributed by atoms with Crippen LogP contribution in [0.3, 0.4) is 0 Å². The molecule has 0 aliphatic heterocycles. The molecule has 4 rings (SSSR count). The summed E-state index contributed by atoms with van der Waals surface area (Å²) < 4.78 is 0. The fraction of sp³-hybridized carbons (Fsp3) is 0.636. The molecule has 0 amide bonds. The highest BCUT2D eigenvalue weighted by Gasteiger charge is 2.57. The standard InChI is InChI=1S/C11H10N2/c12-4-8(5-13)11-9-2-6-1-7(9)3-10(6)11/h6-7,9-10H,1-3H2. The summed E-state index contributed by atoms with van der Waals surface area (Å²) in [7, 11) is 0. The Bertz CT molecular complexity index is 346. The second kappa shape index (κ2) is 2.15. The van der Waals surface area contributed by atoms with Gasteiger partial charge in [-0.1, -0.05) is 0 Å². The van der Waals surface area contributed by atoms with E-state index in [-0.39, 0.29) is 0 Å². The van der Waals surface area contributed by atoms with Crippen molar-refractivity contribution >= 4 is 0 Å². The van der Waals surface area contributed by atoms with Crippen molar-refractivity contribution in [1.82, 2.24) is 0 Å². The van der Waals surface area contributed by atoms with Gasteiger partial charge in [0.25, 0.3) is 0 Å². The molecule has 0 radical (unpaired) electrons. The van der Waals surface area contributed by atoms with E-state index >= 15 is 0 Å². The average molecular weight is 170 g/mol. The monoisotopic (exact) mass is 170 g/mol. The normalized spacial score (nSPS) is 43.7. The first kappa shape index (κ1) is 7.15. The molecule has 4 unspecified atom stereocenters. The number of rotatable bonds is 0. The Morgan fingerprint density at radius 3 is 1.92 bits per heavy atom. The molecule has 13 heavy (non-hydrogen) atoms. The molecular weight excluding hydrogens is 160 g/mol. The van der Waals surface area contributed by atoms with Crippen LogP contribution in [0, 0.1) is 46.3 Å². The maximum atomic E-state index is 8.82. The van der Waals surface area contributed by atoms with E-state index in [0.29, 0.717) is 17.4 Å². The third-order valence-electron chi connectivity index (χ3n) is 4.17. The minimum Gasteiger partial charge on any atom is -0.192 e. The summed E-state index contributed by atoms with van der Waals surface area (Å²) >= 11 is 0. The quantitative estimate of drug-likeness (QED) is 0.522. The van der Waals surface area contributed by atoms with Gasteiger partial charge >= 0.3 is 0 Å². The molecule has 2 heteroatoms. The van der Waals surface area contributed by atoms with Gasteiger partial charge in [0.1, 0.15) is 17.7 Å². The second-order valence-electron chi connectivity index (χ2n) is 4.49. The van der Waals surface area contributed by atoms with Gasteiger partial charge in [-0.25, -0.2) is 0 Å². The number of allylic oxidation sites excluding steroid dienone is 2. The van der Waals surface area contributed by atoms with Gasteiger partial charge in [0, 0.05) is 0 Å². The van der Waals surface area contributed by atoms with Crippen LogP contribution in [0.5, 0.6) is 0 Å². The Labute approximate surface area is 77.5 Å². The number of hydrogen-bond donors (Lipinski definition) is 0. The Morgan fingerprint density at radius 2 is 1.54 bits per heavy atom. The summed E-state index contributed by atoms with van der Waals surface area (Å²) in [6.07, 6.45) is 3.89. The molecule has 4 bridgehead atoms. The molecule has 4 aliphatic rings. The lowest BCUT2D eigenvalue weighted by Crippen LogP contribution is -2.04. The van der Waals surface area contributed by atoms with Crippen LogP contribution in [-0.2, 0) is 0 Å². The summed E-state index contributed by atoms with van der Waals surface area (Å²) in [5, 5.41) is 17.6. The van der Waals surface area contributed by atoms with Gasteiger partial charge in [0.05, 0.1) is 0 Å². The van der Waals surface area contributed by atoms with E-state index in [0.717, 1.165) is 11.8 Å². The zero-order valence-corrected chi connectivity index (χ0v) is 7.33. The molecule has 2 nitrogen and oxygen atoms in total. The Hall–Kier alpha value is -1.28. The second-order valence-corrected chi connectivity index (χ2v) is 4.49. The van der Waals surface area contributed by atoms with Crippen LogP contribution in [0.1, 0.15) is 19.3 Å². The van der Waals surface area contributed by atoms with Crippen molar-refractivity contribution in [2.45, 2.75) is 19.3 Å². The van der Waals surface area contributed by atoms with Crippen molar-refractivity contribution in [3.05, 3.63) is 11.1 Å². The van der Waals surface area contributed by atoms with Crippen LogP contribution < -0.4 is 0 Å². The topological polar surface area (TPSA) is 47.6 Å². The van der Waals surface area contributed by atoms with Crippen molar-refractivity contribution in [2.75, 3.05) is 0 Å². The average Bonchev–Trinajstić information content (AvgIpc) is 2.82. The third kappa shape index (κ3) is 0.676. The van der Waals surface area contributed by atoms with E-state index < -0.39 is 0 Å². The summed E-state index contributed by atoms with van der Waals surface area (Å²) in [6, 6.07) is 4.11. The molecule has 0 aromatic heterocycles. The van der Waals surface area contributed by atoms with Crippen LogP contribution in [0.2, 0.25) is 0 Å². The van der Waals surface area contributed by atoms with E-state index in [4.69, 9.17) is 10.5 Å². The van der Waals surface area contributed by atoms with Gasteiger partial charge < -0.3 is 0 Å². The molecule has 64 valence electrons. The SMILES string of the molecule is N#CC(C#N)=C1C2CC3CC2CC13. The summed E-state index contributed by atoms with van der Waals surface area (Å²) in [5.74, 6) is 2.87. The Balaban J connectivity index is 2.12. The maximum Gasteiger partial charge on any atom is 0.129 e. The lowest BCUT2D eigenvalue weighted by atomic mass is 9.91. The van der Waals surface area contributed by atoms with Crippen LogP contribution in [0.15, 0.2) is 11.1 Å². The molecule has 4 atom stereocenters. The van der Waals surface area contributed by atoms with Crippen molar-refractivity contribution in [3.63, 3.8) is 0 Å². The maximum absolute atomic E-state index is 8.82. The van der Waals surface area contributed by atoms with Gasteiger partial charge in [-0.15, -0.1) is 0 Å². The molecule has 4 saturated carbocycles. The third-order valence-corrected chi connectivity index (χ3v) is 4.17. The molecule has 0 N–H and O–H groups in total. The molecule has 0 spiro atoms.